The molecule has 2 atom stereocenters. The summed E-state index contributed by atoms with van der Waals surface area (Å²) < 4.78 is 11.7. The van der Waals surface area contributed by atoms with Gasteiger partial charge in [0.2, 0.25) is 6.29 Å². The molecule has 0 aromatic heterocycles. The van der Waals surface area contributed by atoms with Crippen LogP contribution < -0.4 is 14.8 Å². The SMILES string of the molecule is Cc1ccc2c(c1)OC(C1CCCNC1)O2. The Morgan fingerprint density at radius 1 is 1.25 bits per heavy atom. The van der Waals surface area contributed by atoms with Gasteiger partial charge >= 0.3 is 0 Å². The van der Waals surface area contributed by atoms with Crippen LogP contribution in [0.2, 0.25) is 0 Å². The van der Waals surface area contributed by atoms with Gasteiger partial charge in [-0.25, -0.2) is 0 Å². The van der Waals surface area contributed by atoms with Gasteiger partial charge < -0.3 is 14.8 Å². The van der Waals surface area contributed by atoms with Crippen molar-refractivity contribution in [1.82, 2.24) is 5.32 Å². The zero-order valence-electron chi connectivity index (χ0n) is 9.53. The summed E-state index contributed by atoms with van der Waals surface area (Å²) in [5.74, 6) is 2.26. The highest BCUT2D eigenvalue weighted by molar-refractivity contribution is 5.44. The number of hydrogen-bond acceptors (Lipinski definition) is 3. The molecule has 1 aromatic rings. The minimum Gasteiger partial charge on any atom is -0.451 e. The van der Waals surface area contributed by atoms with Crippen molar-refractivity contribution in [3.05, 3.63) is 23.8 Å². The molecule has 2 aliphatic heterocycles. The second-order valence-electron chi connectivity index (χ2n) is 4.66. The summed E-state index contributed by atoms with van der Waals surface area (Å²) in [5, 5.41) is 3.39. The topological polar surface area (TPSA) is 30.5 Å². The maximum absolute atomic E-state index is 5.86. The Labute approximate surface area is 95.8 Å². The molecule has 1 N–H and O–H groups in total. The summed E-state index contributed by atoms with van der Waals surface area (Å²) in [7, 11) is 0. The highest BCUT2D eigenvalue weighted by Crippen LogP contribution is 2.38. The summed E-state index contributed by atoms with van der Waals surface area (Å²) in [5.41, 5.74) is 1.21. The first-order chi connectivity index (χ1) is 7.83. The molecule has 0 spiro atoms. The lowest BCUT2D eigenvalue weighted by molar-refractivity contribution is -0.0123. The van der Waals surface area contributed by atoms with Crippen LogP contribution in [0.15, 0.2) is 18.2 Å². The second-order valence-corrected chi connectivity index (χ2v) is 4.66. The predicted molar refractivity (Wildman–Crippen MR) is 61.8 cm³/mol. The number of rotatable bonds is 1. The van der Waals surface area contributed by atoms with Gasteiger partial charge in [-0.15, -0.1) is 0 Å². The smallest absolute Gasteiger partial charge is 0.245 e. The highest BCUT2D eigenvalue weighted by atomic mass is 16.7. The molecule has 0 bridgehead atoms. The van der Waals surface area contributed by atoms with Gasteiger partial charge in [0, 0.05) is 12.5 Å². The average Bonchev–Trinajstić information content (AvgIpc) is 2.73. The third-order valence-corrected chi connectivity index (χ3v) is 3.31. The van der Waals surface area contributed by atoms with Crippen LogP contribution in [0.3, 0.4) is 0 Å². The van der Waals surface area contributed by atoms with E-state index in [9.17, 15) is 0 Å². The minimum absolute atomic E-state index is 0.0930. The molecule has 0 radical (unpaired) electrons. The molecule has 0 amide bonds. The first kappa shape index (κ1) is 9.97. The molecule has 0 saturated carbocycles. The lowest BCUT2D eigenvalue weighted by Gasteiger charge is -2.26. The molecule has 0 aliphatic carbocycles. The van der Waals surface area contributed by atoms with Gasteiger partial charge in [-0.3, -0.25) is 0 Å². The van der Waals surface area contributed by atoms with Crippen LogP contribution >= 0.6 is 0 Å². The average molecular weight is 219 g/mol. The largest absolute Gasteiger partial charge is 0.451 e. The van der Waals surface area contributed by atoms with Crippen LogP contribution in [0.1, 0.15) is 18.4 Å². The van der Waals surface area contributed by atoms with Crippen molar-refractivity contribution in [2.45, 2.75) is 26.1 Å². The lowest BCUT2D eigenvalue weighted by Crippen LogP contribution is -2.40. The van der Waals surface area contributed by atoms with Crippen LogP contribution in [-0.4, -0.2) is 19.4 Å². The summed E-state index contributed by atoms with van der Waals surface area (Å²) in [6.45, 7) is 4.19. The van der Waals surface area contributed by atoms with Gasteiger partial charge in [-0.1, -0.05) is 6.07 Å². The quantitative estimate of drug-likeness (QED) is 0.784. The molecule has 2 heterocycles. The first-order valence-electron chi connectivity index (χ1n) is 5.97. The molecule has 16 heavy (non-hydrogen) atoms. The number of nitrogens with one attached hydrogen (secondary N) is 1. The van der Waals surface area contributed by atoms with Crippen molar-refractivity contribution >= 4 is 0 Å². The van der Waals surface area contributed by atoms with Gasteiger partial charge in [0.05, 0.1) is 0 Å². The van der Waals surface area contributed by atoms with Crippen molar-refractivity contribution in [2.24, 2.45) is 5.92 Å². The van der Waals surface area contributed by atoms with Crippen LogP contribution in [-0.2, 0) is 0 Å². The summed E-state index contributed by atoms with van der Waals surface area (Å²) in [6, 6.07) is 6.11. The van der Waals surface area contributed by atoms with Gasteiger partial charge in [-0.05, 0) is 44.0 Å². The van der Waals surface area contributed by atoms with Crippen molar-refractivity contribution in [2.75, 3.05) is 13.1 Å². The molecule has 86 valence electrons. The second kappa shape index (κ2) is 3.98. The maximum Gasteiger partial charge on any atom is 0.245 e. The lowest BCUT2D eigenvalue weighted by atomic mass is 9.99. The fourth-order valence-corrected chi connectivity index (χ4v) is 2.38. The van der Waals surface area contributed by atoms with E-state index >= 15 is 0 Å². The summed E-state index contributed by atoms with van der Waals surface area (Å²) in [4.78, 5) is 0. The Morgan fingerprint density at radius 2 is 2.12 bits per heavy atom. The van der Waals surface area contributed by atoms with Crippen LogP contribution in [0.25, 0.3) is 0 Å². The van der Waals surface area contributed by atoms with Crippen molar-refractivity contribution in [3.63, 3.8) is 0 Å². The van der Waals surface area contributed by atoms with Crippen LogP contribution in [0, 0.1) is 12.8 Å². The zero-order valence-corrected chi connectivity index (χ0v) is 9.53. The van der Waals surface area contributed by atoms with E-state index in [1.807, 2.05) is 12.1 Å². The van der Waals surface area contributed by atoms with Gasteiger partial charge in [0.1, 0.15) is 0 Å². The third-order valence-electron chi connectivity index (χ3n) is 3.31. The van der Waals surface area contributed by atoms with Gasteiger partial charge in [0.15, 0.2) is 11.5 Å². The Bertz CT molecular complexity index is 386. The van der Waals surface area contributed by atoms with E-state index in [1.165, 1.54) is 18.4 Å². The predicted octanol–water partition coefficient (Wildman–Crippen LogP) is 2.09. The number of ether oxygens (including phenoxy) is 2. The highest BCUT2D eigenvalue weighted by Gasteiger charge is 2.32. The molecule has 2 unspecified atom stereocenters. The third kappa shape index (κ3) is 1.76. The Hall–Kier alpha value is -1.22. The van der Waals surface area contributed by atoms with Gasteiger partial charge in [-0.2, -0.15) is 0 Å². The summed E-state index contributed by atoms with van der Waals surface area (Å²) >= 11 is 0. The Morgan fingerprint density at radius 3 is 2.94 bits per heavy atom. The fourth-order valence-electron chi connectivity index (χ4n) is 2.38. The summed E-state index contributed by atoms with van der Waals surface area (Å²) in [6.07, 6.45) is 2.30. The normalized spacial score (nSPS) is 28.1. The van der Waals surface area contributed by atoms with Crippen LogP contribution in [0.5, 0.6) is 11.5 Å². The Balaban J connectivity index is 1.74. The molecule has 1 fully saturated rings. The molecule has 3 nitrogen and oxygen atoms in total. The number of benzene rings is 1. The minimum atomic E-state index is -0.0930. The molecular formula is C13H17NO2. The van der Waals surface area contributed by atoms with Crippen molar-refractivity contribution < 1.29 is 9.47 Å². The molecule has 3 heteroatoms. The number of aryl methyl sites for hydroxylation is 1. The molecule has 1 aromatic carbocycles. The van der Waals surface area contributed by atoms with E-state index in [0.717, 1.165) is 24.6 Å². The first-order valence-corrected chi connectivity index (χ1v) is 5.97. The molecule has 1 saturated heterocycles. The molecular weight excluding hydrogens is 202 g/mol. The van der Waals surface area contributed by atoms with E-state index in [1.54, 1.807) is 0 Å². The molecule has 3 rings (SSSR count). The number of piperidine rings is 1. The van der Waals surface area contributed by atoms with E-state index in [0.29, 0.717) is 5.92 Å². The number of hydrogen-bond donors (Lipinski definition) is 1. The van der Waals surface area contributed by atoms with E-state index in [4.69, 9.17) is 9.47 Å². The van der Waals surface area contributed by atoms with Crippen LogP contribution in [0.4, 0.5) is 0 Å². The number of fused-ring (bicyclic) bond motifs is 1. The van der Waals surface area contributed by atoms with Gasteiger partial charge in [0.25, 0.3) is 0 Å². The van der Waals surface area contributed by atoms with E-state index in [2.05, 4.69) is 18.3 Å². The monoisotopic (exact) mass is 219 g/mol. The zero-order chi connectivity index (χ0) is 11.0. The van der Waals surface area contributed by atoms with Crippen molar-refractivity contribution in [3.8, 4) is 11.5 Å². The maximum atomic E-state index is 5.86. The van der Waals surface area contributed by atoms with E-state index < -0.39 is 0 Å². The Kier molecular flexibility index (Phi) is 2.48. The molecule has 2 aliphatic rings. The standard InChI is InChI=1S/C13H17NO2/c1-9-4-5-11-12(7-9)16-13(15-11)10-3-2-6-14-8-10/h4-5,7,10,13-14H,2-3,6,8H2,1H3. The fraction of sp³-hybridized carbons (Fsp3) is 0.538. The van der Waals surface area contributed by atoms with E-state index in [-0.39, 0.29) is 6.29 Å². The van der Waals surface area contributed by atoms with Crippen molar-refractivity contribution in [1.29, 1.82) is 0 Å².